The van der Waals surface area contributed by atoms with Crippen LogP contribution in [0.2, 0.25) is 0 Å². The van der Waals surface area contributed by atoms with Crippen LogP contribution >= 0.6 is 15.9 Å². The Balaban J connectivity index is 3.01. The number of hydrogen-bond acceptors (Lipinski definition) is 2. The maximum Gasteiger partial charge on any atom is 0.124 e. The number of hydrogen-bond donors (Lipinski definition) is 2. The van der Waals surface area contributed by atoms with Crippen LogP contribution in [0.4, 0.5) is 4.39 Å². The fourth-order valence-electron chi connectivity index (χ4n) is 1.93. The first kappa shape index (κ1) is 14.6. The summed E-state index contributed by atoms with van der Waals surface area (Å²) in [6.07, 6.45) is 0.577. The van der Waals surface area contributed by atoms with Gasteiger partial charge in [-0.2, -0.15) is 0 Å². The van der Waals surface area contributed by atoms with Gasteiger partial charge in [0.1, 0.15) is 5.82 Å². The van der Waals surface area contributed by atoms with Gasteiger partial charge in [0.25, 0.3) is 0 Å². The molecule has 0 radical (unpaired) electrons. The summed E-state index contributed by atoms with van der Waals surface area (Å²) < 4.78 is 14.0. The van der Waals surface area contributed by atoms with Crippen molar-refractivity contribution in [3.63, 3.8) is 0 Å². The summed E-state index contributed by atoms with van der Waals surface area (Å²) in [6.45, 7) is 4.44. The molecule has 0 saturated heterocycles. The van der Waals surface area contributed by atoms with E-state index < -0.39 is 0 Å². The number of rotatable bonds is 5. The quantitative estimate of drug-likeness (QED) is 0.878. The van der Waals surface area contributed by atoms with E-state index in [0.717, 1.165) is 5.56 Å². The van der Waals surface area contributed by atoms with Gasteiger partial charge in [-0.05, 0) is 36.1 Å². The molecule has 0 aromatic heterocycles. The van der Waals surface area contributed by atoms with Gasteiger partial charge in [0.2, 0.25) is 0 Å². The van der Waals surface area contributed by atoms with Gasteiger partial charge >= 0.3 is 0 Å². The second kappa shape index (κ2) is 5.94. The zero-order valence-corrected chi connectivity index (χ0v) is 11.8. The Hall–Kier alpha value is -0.450. The van der Waals surface area contributed by atoms with Crippen molar-refractivity contribution < 1.29 is 9.50 Å². The third-order valence-corrected chi connectivity index (χ3v) is 3.88. The SMILES string of the molecule is CC(C)C(CN)(CO)Cc1cc(F)cc(Br)c1. The number of halogens is 2. The predicted molar refractivity (Wildman–Crippen MR) is 71.2 cm³/mol. The van der Waals surface area contributed by atoms with Gasteiger partial charge in [0.05, 0.1) is 6.61 Å². The summed E-state index contributed by atoms with van der Waals surface area (Å²) in [4.78, 5) is 0. The first-order valence-corrected chi connectivity index (χ1v) is 6.49. The highest BCUT2D eigenvalue weighted by Crippen LogP contribution is 2.31. The molecule has 0 spiro atoms. The number of aliphatic hydroxyl groups is 1. The Morgan fingerprint density at radius 1 is 1.41 bits per heavy atom. The van der Waals surface area contributed by atoms with Crippen LogP contribution < -0.4 is 5.73 Å². The van der Waals surface area contributed by atoms with E-state index in [-0.39, 0.29) is 23.8 Å². The molecular formula is C13H19BrFNO. The minimum Gasteiger partial charge on any atom is -0.396 e. The van der Waals surface area contributed by atoms with E-state index >= 15 is 0 Å². The van der Waals surface area contributed by atoms with Gasteiger partial charge in [-0.15, -0.1) is 0 Å². The fraction of sp³-hybridized carbons (Fsp3) is 0.538. The van der Waals surface area contributed by atoms with Crippen molar-refractivity contribution in [2.75, 3.05) is 13.2 Å². The largest absolute Gasteiger partial charge is 0.396 e. The van der Waals surface area contributed by atoms with Gasteiger partial charge < -0.3 is 10.8 Å². The highest BCUT2D eigenvalue weighted by atomic mass is 79.9. The van der Waals surface area contributed by atoms with Crippen LogP contribution in [-0.2, 0) is 6.42 Å². The summed E-state index contributed by atoms with van der Waals surface area (Å²) in [5, 5.41) is 9.56. The molecule has 2 nitrogen and oxygen atoms in total. The summed E-state index contributed by atoms with van der Waals surface area (Å²) in [5.74, 6) is -0.0402. The standard InChI is InChI=1S/C13H19BrFNO/c1-9(2)13(7-16,8-17)6-10-3-11(14)5-12(15)4-10/h3-5,9,17H,6-8,16H2,1-2H3. The second-order valence-electron chi connectivity index (χ2n) is 4.83. The van der Waals surface area contributed by atoms with Crippen LogP contribution in [0.3, 0.4) is 0 Å². The van der Waals surface area contributed by atoms with E-state index in [0.29, 0.717) is 17.4 Å². The Bertz CT molecular complexity index is 357. The highest BCUT2D eigenvalue weighted by Gasteiger charge is 2.32. The Kier molecular flexibility index (Phi) is 5.10. The molecule has 4 heteroatoms. The van der Waals surface area contributed by atoms with Crippen LogP contribution in [0, 0.1) is 17.2 Å². The van der Waals surface area contributed by atoms with E-state index in [1.54, 1.807) is 0 Å². The minimum atomic E-state index is -0.382. The lowest BCUT2D eigenvalue weighted by atomic mass is 9.73. The van der Waals surface area contributed by atoms with Gasteiger partial charge in [-0.3, -0.25) is 0 Å². The van der Waals surface area contributed by atoms with E-state index in [1.165, 1.54) is 12.1 Å². The first-order valence-electron chi connectivity index (χ1n) is 5.69. The zero-order chi connectivity index (χ0) is 13.1. The molecule has 17 heavy (non-hydrogen) atoms. The average Bonchev–Trinajstić information content (AvgIpc) is 2.24. The van der Waals surface area contributed by atoms with Crippen molar-refractivity contribution in [3.05, 3.63) is 34.1 Å². The van der Waals surface area contributed by atoms with Crippen LogP contribution in [0.5, 0.6) is 0 Å². The molecule has 0 aliphatic carbocycles. The van der Waals surface area contributed by atoms with Gasteiger partial charge in [0, 0.05) is 16.4 Å². The zero-order valence-electron chi connectivity index (χ0n) is 10.2. The van der Waals surface area contributed by atoms with Crippen molar-refractivity contribution >= 4 is 15.9 Å². The lowest BCUT2D eigenvalue weighted by Gasteiger charge is -2.35. The molecule has 1 rings (SSSR count). The monoisotopic (exact) mass is 303 g/mol. The molecule has 0 saturated carbocycles. The van der Waals surface area contributed by atoms with Crippen molar-refractivity contribution in [2.45, 2.75) is 20.3 Å². The lowest BCUT2D eigenvalue weighted by Crippen LogP contribution is -2.41. The molecule has 1 unspecified atom stereocenters. The van der Waals surface area contributed by atoms with E-state index in [1.807, 2.05) is 19.9 Å². The molecular weight excluding hydrogens is 285 g/mol. The third kappa shape index (κ3) is 3.50. The normalized spacial score (nSPS) is 15.0. The number of nitrogens with two attached hydrogens (primary N) is 1. The summed E-state index contributed by atoms with van der Waals surface area (Å²) in [7, 11) is 0. The van der Waals surface area contributed by atoms with Gasteiger partial charge in [-0.25, -0.2) is 4.39 Å². The molecule has 0 amide bonds. The van der Waals surface area contributed by atoms with E-state index in [4.69, 9.17) is 5.73 Å². The third-order valence-electron chi connectivity index (χ3n) is 3.42. The molecule has 0 fully saturated rings. The molecule has 0 heterocycles. The Labute approximate surface area is 110 Å². The van der Waals surface area contributed by atoms with E-state index in [2.05, 4.69) is 15.9 Å². The first-order chi connectivity index (χ1) is 7.93. The summed E-state index contributed by atoms with van der Waals surface area (Å²) in [6, 6.07) is 4.78. The molecule has 0 aliphatic heterocycles. The Morgan fingerprint density at radius 3 is 2.47 bits per heavy atom. The molecule has 0 aliphatic rings. The fourth-order valence-corrected chi connectivity index (χ4v) is 2.45. The molecule has 1 aromatic rings. The smallest absolute Gasteiger partial charge is 0.124 e. The topological polar surface area (TPSA) is 46.2 Å². The predicted octanol–water partition coefficient (Wildman–Crippen LogP) is 2.72. The number of aliphatic hydroxyl groups excluding tert-OH is 1. The molecule has 0 bridgehead atoms. The summed E-state index contributed by atoms with van der Waals surface area (Å²) in [5.41, 5.74) is 6.25. The van der Waals surface area contributed by atoms with Crippen molar-refractivity contribution in [1.82, 2.24) is 0 Å². The molecule has 1 atom stereocenters. The summed E-state index contributed by atoms with van der Waals surface area (Å²) >= 11 is 3.27. The molecule has 96 valence electrons. The van der Waals surface area contributed by atoms with Crippen molar-refractivity contribution in [3.8, 4) is 0 Å². The van der Waals surface area contributed by atoms with Crippen molar-refractivity contribution in [2.24, 2.45) is 17.1 Å². The maximum absolute atomic E-state index is 13.3. The lowest BCUT2D eigenvalue weighted by molar-refractivity contribution is 0.0842. The molecule has 3 N–H and O–H groups in total. The number of benzene rings is 1. The van der Waals surface area contributed by atoms with E-state index in [9.17, 15) is 9.50 Å². The van der Waals surface area contributed by atoms with Crippen LogP contribution in [-0.4, -0.2) is 18.3 Å². The van der Waals surface area contributed by atoms with Crippen LogP contribution in [0.1, 0.15) is 19.4 Å². The average molecular weight is 304 g/mol. The Morgan fingerprint density at radius 2 is 2.06 bits per heavy atom. The minimum absolute atomic E-state index is 0.00923. The van der Waals surface area contributed by atoms with Crippen molar-refractivity contribution in [1.29, 1.82) is 0 Å². The van der Waals surface area contributed by atoms with Gasteiger partial charge in [-0.1, -0.05) is 29.8 Å². The molecule has 1 aromatic carbocycles. The second-order valence-corrected chi connectivity index (χ2v) is 5.75. The highest BCUT2D eigenvalue weighted by molar-refractivity contribution is 9.10. The van der Waals surface area contributed by atoms with Crippen LogP contribution in [0.15, 0.2) is 22.7 Å². The maximum atomic E-state index is 13.3. The van der Waals surface area contributed by atoms with Crippen LogP contribution in [0.25, 0.3) is 0 Å². The van der Waals surface area contributed by atoms with Gasteiger partial charge in [0.15, 0.2) is 0 Å².